The van der Waals surface area contributed by atoms with E-state index in [1.165, 1.54) is 5.56 Å². The molecule has 1 unspecified atom stereocenters. The zero-order valence-electron chi connectivity index (χ0n) is 13.1. The maximum Gasteiger partial charge on any atom is 0.410 e. The largest absolute Gasteiger partial charge is 0.444 e. The molecule has 4 nitrogen and oxygen atoms in total. The average Bonchev–Trinajstić information content (AvgIpc) is 2.46. The molecule has 1 amide bonds. The van der Waals surface area contributed by atoms with Crippen molar-refractivity contribution in [1.29, 1.82) is 0 Å². The zero-order chi connectivity index (χ0) is 15.5. The van der Waals surface area contributed by atoms with Crippen LogP contribution in [0.4, 0.5) is 4.79 Å². The van der Waals surface area contributed by atoms with Gasteiger partial charge in [-0.25, -0.2) is 4.79 Å². The van der Waals surface area contributed by atoms with E-state index in [-0.39, 0.29) is 12.7 Å². The lowest BCUT2D eigenvalue weighted by Crippen LogP contribution is -2.42. The summed E-state index contributed by atoms with van der Waals surface area (Å²) in [6, 6.07) is 7.99. The molecule has 0 spiro atoms. The lowest BCUT2D eigenvalue weighted by molar-refractivity contribution is 0.0198. The molecule has 0 bridgehead atoms. The number of carbonyl (C=O) groups is 1. The standard InChI is InChI=1S/C17H25NO3/c1-17(2,3)21-16(20)18-10-4-5-15(11-18)14-8-6-13(12-19)7-9-14/h6-9,15,19H,4-5,10-12H2,1-3H3. The van der Waals surface area contributed by atoms with E-state index in [0.717, 1.165) is 24.9 Å². The number of piperidine rings is 1. The Morgan fingerprint density at radius 1 is 1.33 bits per heavy atom. The van der Waals surface area contributed by atoms with Gasteiger partial charge in [0.2, 0.25) is 0 Å². The van der Waals surface area contributed by atoms with E-state index in [0.29, 0.717) is 12.5 Å². The highest BCUT2D eigenvalue weighted by molar-refractivity contribution is 5.68. The minimum Gasteiger partial charge on any atom is -0.444 e. The molecule has 1 aromatic rings. The van der Waals surface area contributed by atoms with Crippen LogP contribution >= 0.6 is 0 Å². The highest BCUT2D eigenvalue weighted by Crippen LogP contribution is 2.28. The lowest BCUT2D eigenvalue weighted by Gasteiger charge is -2.34. The minimum absolute atomic E-state index is 0.0645. The molecule has 4 heteroatoms. The van der Waals surface area contributed by atoms with Gasteiger partial charge in [-0.3, -0.25) is 0 Å². The Kier molecular flexibility index (Phi) is 4.88. The number of hydrogen-bond acceptors (Lipinski definition) is 3. The van der Waals surface area contributed by atoms with Crippen molar-refractivity contribution in [2.45, 2.75) is 51.7 Å². The summed E-state index contributed by atoms with van der Waals surface area (Å²) in [7, 11) is 0. The van der Waals surface area contributed by atoms with Crippen LogP contribution in [-0.2, 0) is 11.3 Å². The molecule has 1 saturated heterocycles. The molecule has 1 aliphatic heterocycles. The Balaban J connectivity index is 2.01. The van der Waals surface area contributed by atoms with Gasteiger partial charge in [0.05, 0.1) is 6.61 Å². The molecule has 1 heterocycles. The summed E-state index contributed by atoms with van der Waals surface area (Å²) in [6.45, 7) is 7.20. The van der Waals surface area contributed by atoms with Crippen molar-refractivity contribution in [3.05, 3.63) is 35.4 Å². The quantitative estimate of drug-likeness (QED) is 0.909. The number of benzene rings is 1. The van der Waals surface area contributed by atoms with Gasteiger partial charge in [0, 0.05) is 19.0 Å². The molecule has 1 aliphatic rings. The molecule has 0 aliphatic carbocycles. The number of aliphatic hydroxyl groups is 1. The molecule has 0 aromatic heterocycles. The van der Waals surface area contributed by atoms with Crippen LogP contribution in [0.2, 0.25) is 0 Å². The predicted octanol–water partition coefficient (Wildman–Crippen LogP) is 3.29. The zero-order valence-corrected chi connectivity index (χ0v) is 13.1. The second-order valence-corrected chi connectivity index (χ2v) is 6.67. The molecule has 21 heavy (non-hydrogen) atoms. The van der Waals surface area contributed by atoms with E-state index in [1.54, 1.807) is 4.90 Å². The van der Waals surface area contributed by atoms with Gasteiger partial charge in [-0.1, -0.05) is 24.3 Å². The first-order valence-corrected chi connectivity index (χ1v) is 7.56. The van der Waals surface area contributed by atoms with Crippen LogP contribution in [0.3, 0.4) is 0 Å². The van der Waals surface area contributed by atoms with Gasteiger partial charge in [0.1, 0.15) is 5.60 Å². The first kappa shape index (κ1) is 15.8. The summed E-state index contributed by atoms with van der Waals surface area (Å²) in [5.41, 5.74) is 1.69. The first-order valence-electron chi connectivity index (χ1n) is 7.56. The van der Waals surface area contributed by atoms with Crippen LogP contribution < -0.4 is 0 Å². The number of rotatable bonds is 2. The summed E-state index contributed by atoms with van der Waals surface area (Å²) >= 11 is 0. The Bertz CT molecular complexity index is 476. The van der Waals surface area contributed by atoms with Gasteiger partial charge < -0.3 is 14.7 Å². The van der Waals surface area contributed by atoms with Crippen molar-refractivity contribution in [3.63, 3.8) is 0 Å². The van der Waals surface area contributed by atoms with E-state index in [2.05, 4.69) is 12.1 Å². The van der Waals surface area contributed by atoms with E-state index >= 15 is 0 Å². The smallest absolute Gasteiger partial charge is 0.410 e. The van der Waals surface area contributed by atoms with Crippen LogP contribution in [0.5, 0.6) is 0 Å². The number of aliphatic hydroxyl groups excluding tert-OH is 1. The summed E-state index contributed by atoms with van der Waals surface area (Å²) in [4.78, 5) is 14.0. The summed E-state index contributed by atoms with van der Waals surface area (Å²) in [5, 5.41) is 9.09. The predicted molar refractivity (Wildman–Crippen MR) is 82.1 cm³/mol. The van der Waals surface area contributed by atoms with Gasteiger partial charge in [-0.2, -0.15) is 0 Å². The summed E-state index contributed by atoms with van der Waals surface area (Å²) in [6.07, 6.45) is 1.85. The molecule has 2 rings (SSSR count). The van der Waals surface area contributed by atoms with Gasteiger partial charge in [0.15, 0.2) is 0 Å². The highest BCUT2D eigenvalue weighted by atomic mass is 16.6. The van der Waals surface area contributed by atoms with Crippen LogP contribution in [0.1, 0.15) is 50.7 Å². The van der Waals surface area contributed by atoms with Crippen molar-refractivity contribution in [1.82, 2.24) is 4.90 Å². The number of likely N-dealkylation sites (tertiary alicyclic amines) is 1. The Morgan fingerprint density at radius 3 is 2.57 bits per heavy atom. The van der Waals surface area contributed by atoms with Crippen LogP contribution in [-0.4, -0.2) is 34.8 Å². The topological polar surface area (TPSA) is 49.8 Å². The number of nitrogens with zero attached hydrogens (tertiary/aromatic N) is 1. The Morgan fingerprint density at radius 2 is 2.00 bits per heavy atom. The molecule has 116 valence electrons. The monoisotopic (exact) mass is 291 g/mol. The Labute approximate surface area is 126 Å². The second kappa shape index (κ2) is 6.48. The van der Waals surface area contributed by atoms with E-state index in [9.17, 15) is 4.79 Å². The third kappa shape index (κ3) is 4.46. The molecule has 0 saturated carbocycles. The van der Waals surface area contributed by atoms with Crippen LogP contribution in [0.25, 0.3) is 0 Å². The first-order chi connectivity index (χ1) is 9.89. The van der Waals surface area contributed by atoms with E-state index < -0.39 is 5.60 Å². The number of amides is 1. The summed E-state index contributed by atoms with van der Waals surface area (Å²) < 4.78 is 5.45. The van der Waals surface area contributed by atoms with Crippen molar-refractivity contribution < 1.29 is 14.6 Å². The highest BCUT2D eigenvalue weighted by Gasteiger charge is 2.28. The van der Waals surface area contributed by atoms with Gasteiger partial charge >= 0.3 is 6.09 Å². The maximum absolute atomic E-state index is 12.2. The van der Waals surface area contributed by atoms with E-state index in [4.69, 9.17) is 9.84 Å². The maximum atomic E-state index is 12.2. The minimum atomic E-state index is -0.452. The molecule has 1 atom stereocenters. The second-order valence-electron chi connectivity index (χ2n) is 6.67. The molecule has 1 N–H and O–H groups in total. The molecule has 1 aromatic carbocycles. The molecule has 1 fully saturated rings. The van der Waals surface area contributed by atoms with Gasteiger partial charge in [-0.05, 0) is 44.7 Å². The van der Waals surface area contributed by atoms with E-state index in [1.807, 2.05) is 32.9 Å². The van der Waals surface area contributed by atoms with Crippen LogP contribution in [0, 0.1) is 0 Å². The van der Waals surface area contributed by atoms with Crippen molar-refractivity contribution >= 4 is 6.09 Å². The van der Waals surface area contributed by atoms with Crippen molar-refractivity contribution in [2.75, 3.05) is 13.1 Å². The van der Waals surface area contributed by atoms with Crippen molar-refractivity contribution in [3.8, 4) is 0 Å². The summed E-state index contributed by atoms with van der Waals surface area (Å²) in [5.74, 6) is 0.346. The fraction of sp³-hybridized carbons (Fsp3) is 0.588. The fourth-order valence-electron chi connectivity index (χ4n) is 2.64. The molecular formula is C17H25NO3. The third-order valence-electron chi connectivity index (χ3n) is 3.71. The average molecular weight is 291 g/mol. The van der Waals surface area contributed by atoms with Gasteiger partial charge in [0.25, 0.3) is 0 Å². The molecular weight excluding hydrogens is 266 g/mol. The Hall–Kier alpha value is -1.55. The lowest BCUT2D eigenvalue weighted by atomic mass is 9.90. The van der Waals surface area contributed by atoms with Crippen LogP contribution in [0.15, 0.2) is 24.3 Å². The van der Waals surface area contributed by atoms with Gasteiger partial charge in [-0.15, -0.1) is 0 Å². The SMILES string of the molecule is CC(C)(C)OC(=O)N1CCCC(c2ccc(CO)cc2)C1. The number of hydrogen-bond donors (Lipinski definition) is 1. The number of ether oxygens (including phenoxy) is 1. The fourth-order valence-corrected chi connectivity index (χ4v) is 2.64. The third-order valence-corrected chi connectivity index (χ3v) is 3.71. The number of carbonyl (C=O) groups excluding carboxylic acids is 1. The van der Waals surface area contributed by atoms with Crippen molar-refractivity contribution in [2.24, 2.45) is 0 Å². The normalized spacial score (nSPS) is 19.4. The molecule has 0 radical (unpaired) electrons.